The summed E-state index contributed by atoms with van der Waals surface area (Å²) in [6.45, 7) is 13.0. The number of thioether (sulfide) groups is 1. The van der Waals surface area contributed by atoms with E-state index < -0.39 is 40.3 Å². The number of urea groups is 1. The van der Waals surface area contributed by atoms with Gasteiger partial charge in [-0.25, -0.2) is 18.0 Å². The van der Waals surface area contributed by atoms with Crippen LogP contribution in [0, 0.1) is 23.0 Å². The number of rotatable bonds is 34. The van der Waals surface area contributed by atoms with Gasteiger partial charge in [0.15, 0.2) is 5.83 Å². The van der Waals surface area contributed by atoms with Gasteiger partial charge in [-0.15, -0.1) is 0 Å². The molecular weight excluding hydrogens is 1200 g/mol. The van der Waals surface area contributed by atoms with E-state index in [-0.39, 0.29) is 48.8 Å². The number of anilines is 2. The Morgan fingerprint density at radius 2 is 1.51 bits per heavy atom. The minimum atomic E-state index is -1.05. The molecule has 25 heteroatoms. The van der Waals surface area contributed by atoms with Gasteiger partial charge in [0, 0.05) is 81.2 Å². The largest absolute Gasteiger partial charge is 0.462 e. The number of hydrazone groups is 1. The number of likely N-dealkylation sites (tertiary alicyclic amines) is 1. The molecule has 4 aliphatic heterocycles. The van der Waals surface area contributed by atoms with Crippen LogP contribution in [-0.4, -0.2) is 204 Å². The molecular formula is C65H81ClF3N11O9S. The van der Waals surface area contributed by atoms with Crippen molar-refractivity contribution in [2.45, 2.75) is 68.4 Å². The number of hydrogen-bond donors (Lipinski definition) is 1. The molecule has 9 rings (SSSR count). The van der Waals surface area contributed by atoms with Crippen molar-refractivity contribution >= 4 is 62.6 Å². The zero-order valence-electron chi connectivity index (χ0n) is 51.1. The number of amides is 3. The fraction of sp³-hybridized carbons (Fsp3) is 0.508. The SMILES string of the molecule is C=C(F)C(=O)N1CCN(c2nc(OC[C@@H]3CCCN3CCCOCCOCCOCCOCCOCCOCCN(C)C(=O)N3N=C(c4cc(F)ccc4F)S[C@@]3(CCCN)c3ccccc3)nc3c2CCN(c2cccc4cccc(Cl)c24)C3)C[C@@H]1CC#N. The van der Waals surface area contributed by atoms with Crippen molar-refractivity contribution in [2.24, 2.45) is 10.8 Å². The van der Waals surface area contributed by atoms with Crippen LogP contribution in [0.4, 0.5) is 29.5 Å². The lowest BCUT2D eigenvalue weighted by molar-refractivity contribution is -0.131. The van der Waals surface area contributed by atoms with Gasteiger partial charge in [-0.3, -0.25) is 9.69 Å². The zero-order chi connectivity index (χ0) is 63.2. The summed E-state index contributed by atoms with van der Waals surface area (Å²) < 4.78 is 84.3. The Hall–Kier alpha value is -6.63. The molecule has 5 aromatic rings. The molecule has 0 radical (unpaired) electrons. The van der Waals surface area contributed by atoms with Gasteiger partial charge < -0.3 is 58.5 Å². The lowest BCUT2D eigenvalue weighted by atomic mass is 10.0. The number of halogens is 4. The molecule has 2 saturated heterocycles. The van der Waals surface area contributed by atoms with Crippen LogP contribution in [0.2, 0.25) is 5.02 Å². The number of carbonyl (C=O) groups is 2. The van der Waals surface area contributed by atoms with Gasteiger partial charge in [0.25, 0.3) is 5.91 Å². The van der Waals surface area contributed by atoms with Crippen molar-refractivity contribution in [1.29, 1.82) is 5.26 Å². The number of fused-ring (bicyclic) bond motifs is 2. The van der Waals surface area contributed by atoms with Crippen molar-refractivity contribution in [3.63, 3.8) is 0 Å². The molecule has 0 spiro atoms. The molecule has 484 valence electrons. The van der Waals surface area contributed by atoms with E-state index in [2.05, 4.69) is 50.6 Å². The van der Waals surface area contributed by atoms with E-state index in [1.165, 1.54) is 26.6 Å². The van der Waals surface area contributed by atoms with Crippen molar-refractivity contribution < 1.29 is 55.9 Å². The van der Waals surface area contributed by atoms with Gasteiger partial charge in [0.1, 0.15) is 34.0 Å². The Labute approximate surface area is 533 Å². The van der Waals surface area contributed by atoms with Gasteiger partial charge >= 0.3 is 12.0 Å². The average molecular weight is 1280 g/mol. The van der Waals surface area contributed by atoms with E-state index in [1.54, 1.807) is 7.05 Å². The number of nitrogens with zero attached hydrogens (tertiary/aromatic N) is 10. The highest BCUT2D eigenvalue weighted by molar-refractivity contribution is 8.15. The summed E-state index contributed by atoms with van der Waals surface area (Å²) in [7, 11) is 1.65. The lowest BCUT2D eigenvalue weighted by Crippen LogP contribution is -2.55. The number of ether oxygens (including phenoxy) is 7. The Balaban J connectivity index is 0.621. The van der Waals surface area contributed by atoms with Crippen LogP contribution in [0.15, 0.2) is 102 Å². The second-order valence-corrected chi connectivity index (χ2v) is 23.9. The third-order valence-electron chi connectivity index (χ3n) is 16.3. The van der Waals surface area contributed by atoms with Crippen LogP contribution in [0.1, 0.15) is 60.9 Å². The predicted molar refractivity (Wildman–Crippen MR) is 340 cm³/mol. The van der Waals surface area contributed by atoms with Crippen LogP contribution in [0.3, 0.4) is 0 Å². The molecule has 4 aliphatic rings. The first-order chi connectivity index (χ1) is 43.9. The molecule has 0 bridgehead atoms. The Bertz CT molecular complexity index is 3260. The van der Waals surface area contributed by atoms with Crippen molar-refractivity contribution in [1.82, 2.24) is 29.7 Å². The number of carbonyl (C=O) groups excluding carboxylic acids is 2. The normalized spacial score (nSPS) is 18.5. The predicted octanol–water partition coefficient (Wildman–Crippen LogP) is 8.93. The van der Waals surface area contributed by atoms with E-state index in [0.29, 0.717) is 142 Å². The van der Waals surface area contributed by atoms with E-state index in [1.807, 2.05) is 48.5 Å². The number of likely N-dealkylation sites (N-methyl/N-ethyl adjacent to an activating group) is 1. The van der Waals surface area contributed by atoms with Crippen LogP contribution in [0.5, 0.6) is 6.01 Å². The highest BCUT2D eigenvalue weighted by atomic mass is 35.5. The number of nitriles is 1. The summed E-state index contributed by atoms with van der Waals surface area (Å²) in [5.41, 5.74) is 9.54. The Morgan fingerprint density at radius 1 is 0.822 bits per heavy atom. The number of hydrogen-bond acceptors (Lipinski definition) is 18. The van der Waals surface area contributed by atoms with E-state index in [0.717, 1.165) is 83.8 Å². The van der Waals surface area contributed by atoms with Gasteiger partial charge in [-0.1, -0.05) is 84.5 Å². The van der Waals surface area contributed by atoms with Crippen molar-refractivity contribution in [2.75, 3.05) is 155 Å². The van der Waals surface area contributed by atoms with Gasteiger partial charge in [-0.2, -0.15) is 25.3 Å². The number of benzene rings is 4. The second-order valence-electron chi connectivity index (χ2n) is 22.3. The van der Waals surface area contributed by atoms with Crippen LogP contribution in [-0.2, 0) is 51.1 Å². The first-order valence-electron chi connectivity index (χ1n) is 30.9. The van der Waals surface area contributed by atoms with E-state index in [4.69, 9.17) is 60.5 Å². The van der Waals surface area contributed by atoms with Crippen molar-refractivity contribution in [3.05, 3.63) is 136 Å². The molecule has 0 unspecified atom stereocenters. The summed E-state index contributed by atoms with van der Waals surface area (Å²) in [5, 5.41) is 18.6. The van der Waals surface area contributed by atoms with Crippen LogP contribution in [0.25, 0.3) is 10.8 Å². The maximum atomic E-state index is 15.0. The van der Waals surface area contributed by atoms with Gasteiger partial charge in [-0.05, 0) is 92.9 Å². The molecule has 2 N–H and O–H groups in total. The molecule has 5 heterocycles. The van der Waals surface area contributed by atoms with Gasteiger partial charge in [0.2, 0.25) is 0 Å². The summed E-state index contributed by atoms with van der Waals surface area (Å²) in [6.07, 6.45) is 4.53. The van der Waals surface area contributed by atoms with Gasteiger partial charge in [0.05, 0.1) is 108 Å². The number of piperazine rings is 1. The third-order valence-corrected chi connectivity index (χ3v) is 18.0. The van der Waals surface area contributed by atoms with Crippen molar-refractivity contribution in [3.8, 4) is 12.1 Å². The maximum Gasteiger partial charge on any atom is 0.341 e. The average Bonchev–Trinajstić information content (AvgIpc) is 2.13. The highest BCUT2D eigenvalue weighted by Crippen LogP contribution is 2.51. The molecule has 90 heavy (non-hydrogen) atoms. The highest BCUT2D eigenvalue weighted by Gasteiger charge is 2.49. The molecule has 1 aromatic heterocycles. The van der Waals surface area contributed by atoms with E-state index in [9.17, 15) is 23.6 Å². The molecule has 0 saturated carbocycles. The zero-order valence-corrected chi connectivity index (χ0v) is 52.7. The maximum absolute atomic E-state index is 15.0. The quantitative estimate of drug-likeness (QED) is 0.0301. The summed E-state index contributed by atoms with van der Waals surface area (Å²) in [4.78, 5) is 45.6. The first kappa shape index (κ1) is 67.8. The standard InChI is InChI=1S/C65H81ClF3N11O9S/c1-47(67)62(81)79-29-28-78(44-51(79)20-24-71)60-53-21-27-77(58-17-7-12-48-11-6-16-55(66)59(48)58)45-57(53)72-63(73-60)89-46-52-15-8-25-76(52)26-10-31-83-33-35-85-37-39-87-41-42-88-40-38-86-36-34-84-32-30-75(2)64(82)80-65(22-9-23-70,49-13-4-3-5-14-49)90-61(74-80)54-43-50(68)18-19-56(54)69/h3-7,11-14,16-19,43,51-52H,1,8-10,15,20-23,25-42,44-46,70H2,2H3/t51-,52-,65-/m0/s1. The van der Waals surface area contributed by atoms with E-state index >= 15 is 4.39 Å². The Kier molecular flexibility index (Phi) is 25.7. The minimum Gasteiger partial charge on any atom is -0.462 e. The number of aromatic nitrogens is 2. The van der Waals surface area contributed by atoms with Crippen LogP contribution >= 0.6 is 23.4 Å². The molecule has 20 nitrogen and oxygen atoms in total. The topological polar surface area (TPSA) is 206 Å². The monoisotopic (exact) mass is 1280 g/mol. The number of nitrogens with two attached hydrogens (primary N) is 1. The summed E-state index contributed by atoms with van der Waals surface area (Å²) in [5.74, 6) is -2.38. The summed E-state index contributed by atoms with van der Waals surface area (Å²) >= 11 is 8.00. The second kappa shape index (κ2) is 34.2. The fourth-order valence-electron chi connectivity index (χ4n) is 11.7. The molecule has 2 fully saturated rings. The summed E-state index contributed by atoms with van der Waals surface area (Å²) in [6, 6.07) is 26.3. The molecule has 3 amide bonds. The molecule has 3 atom stereocenters. The lowest BCUT2D eigenvalue weighted by Gasteiger charge is -2.42. The molecule has 0 aliphatic carbocycles. The fourth-order valence-corrected chi connectivity index (χ4v) is 13.4. The third kappa shape index (κ3) is 17.7. The minimum absolute atomic E-state index is 0.0182. The molecule has 4 aromatic carbocycles. The first-order valence-corrected chi connectivity index (χ1v) is 32.0. The van der Waals surface area contributed by atoms with Crippen LogP contribution < -0.4 is 20.3 Å². The smallest absolute Gasteiger partial charge is 0.341 e. The Morgan fingerprint density at radius 3 is 2.20 bits per heavy atom.